The van der Waals surface area contributed by atoms with Crippen LogP contribution in [0.3, 0.4) is 0 Å². The molecule has 3 heterocycles. The first-order valence-corrected chi connectivity index (χ1v) is 8.91. The van der Waals surface area contributed by atoms with Gasteiger partial charge in [-0.3, -0.25) is 9.48 Å². The average molecular weight is 349 g/mol. The van der Waals surface area contributed by atoms with Crippen molar-refractivity contribution >= 4 is 5.91 Å². The number of nitrogens with zero attached hydrogens (tertiary/aromatic N) is 5. The first-order chi connectivity index (χ1) is 12.5. The third-order valence-electron chi connectivity index (χ3n) is 5.09. The summed E-state index contributed by atoms with van der Waals surface area (Å²) in [6.45, 7) is 5.56. The average Bonchev–Trinajstić information content (AvgIpc) is 3.34. The van der Waals surface area contributed by atoms with Crippen molar-refractivity contribution < 1.29 is 4.79 Å². The highest BCUT2D eigenvalue weighted by Crippen LogP contribution is 2.25. The molecule has 0 N–H and O–H groups in total. The van der Waals surface area contributed by atoms with Gasteiger partial charge in [-0.2, -0.15) is 5.10 Å². The molecule has 2 aromatic heterocycles. The predicted octanol–water partition coefficient (Wildman–Crippen LogP) is 2.99. The van der Waals surface area contributed by atoms with E-state index in [1.807, 2.05) is 53.9 Å². The predicted molar refractivity (Wildman–Crippen MR) is 99.9 cm³/mol. The molecule has 6 nitrogen and oxygen atoms in total. The molecule has 3 aromatic rings. The molecular weight excluding hydrogens is 326 g/mol. The lowest BCUT2D eigenvalue weighted by molar-refractivity contribution is 0.0787. The minimum Gasteiger partial charge on any atom is -0.336 e. The summed E-state index contributed by atoms with van der Waals surface area (Å²) in [7, 11) is 1.96. The number of aryl methyl sites for hydroxylation is 3. The quantitative estimate of drug-likeness (QED) is 0.730. The summed E-state index contributed by atoms with van der Waals surface area (Å²) in [6, 6.07) is 10.1. The summed E-state index contributed by atoms with van der Waals surface area (Å²) in [4.78, 5) is 18.9. The number of aromatic nitrogens is 4. The Morgan fingerprint density at radius 2 is 1.96 bits per heavy atom. The maximum Gasteiger partial charge on any atom is 0.253 e. The molecule has 26 heavy (non-hydrogen) atoms. The van der Waals surface area contributed by atoms with Gasteiger partial charge in [0.25, 0.3) is 5.91 Å². The third kappa shape index (κ3) is 2.92. The molecule has 1 amide bonds. The summed E-state index contributed by atoms with van der Waals surface area (Å²) in [5, 5.41) is 4.58. The molecule has 1 aliphatic heterocycles. The fraction of sp³-hybridized carbons (Fsp3) is 0.350. The topological polar surface area (TPSA) is 56.0 Å². The van der Waals surface area contributed by atoms with E-state index in [1.165, 1.54) is 0 Å². The van der Waals surface area contributed by atoms with E-state index in [1.54, 1.807) is 6.33 Å². The maximum atomic E-state index is 12.9. The van der Waals surface area contributed by atoms with Crippen molar-refractivity contribution in [1.82, 2.24) is 24.2 Å². The normalized spacial score (nSPS) is 17.0. The molecule has 1 aromatic carbocycles. The summed E-state index contributed by atoms with van der Waals surface area (Å²) in [5.41, 5.74) is 5.00. The van der Waals surface area contributed by atoms with Crippen LogP contribution in [0.15, 0.2) is 42.9 Å². The minimum atomic E-state index is 0.0885. The number of likely N-dealkylation sites (tertiary alicyclic amines) is 1. The van der Waals surface area contributed by atoms with Gasteiger partial charge in [0.1, 0.15) is 0 Å². The second-order valence-corrected chi connectivity index (χ2v) is 7.03. The lowest BCUT2D eigenvalue weighted by Crippen LogP contribution is -2.29. The molecule has 0 bridgehead atoms. The fourth-order valence-electron chi connectivity index (χ4n) is 3.74. The number of benzene rings is 1. The van der Waals surface area contributed by atoms with Gasteiger partial charge < -0.3 is 9.47 Å². The molecular formula is C20H23N5O. The van der Waals surface area contributed by atoms with Crippen molar-refractivity contribution in [2.45, 2.75) is 26.3 Å². The zero-order valence-corrected chi connectivity index (χ0v) is 15.4. The van der Waals surface area contributed by atoms with Crippen molar-refractivity contribution in [1.29, 1.82) is 0 Å². The van der Waals surface area contributed by atoms with E-state index in [0.717, 1.165) is 41.2 Å². The van der Waals surface area contributed by atoms with Crippen molar-refractivity contribution in [2.24, 2.45) is 7.05 Å². The summed E-state index contributed by atoms with van der Waals surface area (Å²) in [5.74, 6) is 0.0885. The highest BCUT2D eigenvalue weighted by Gasteiger charge is 2.29. The molecule has 1 saturated heterocycles. The molecule has 1 aliphatic rings. The smallest absolute Gasteiger partial charge is 0.253 e. The van der Waals surface area contributed by atoms with Crippen molar-refractivity contribution in [2.75, 3.05) is 13.1 Å². The first kappa shape index (κ1) is 16.6. The highest BCUT2D eigenvalue weighted by molar-refractivity contribution is 5.94. The van der Waals surface area contributed by atoms with Crippen LogP contribution in [0.4, 0.5) is 0 Å². The molecule has 0 aliphatic carbocycles. The van der Waals surface area contributed by atoms with Crippen LogP contribution in [0.5, 0.6) is 0 Å². The Morgan fingerprint density at radius 1 is 1.19 bits per heavy atom. The SMILES string of the molecule is Cc1cc(C)n(C2CCN(C(=O)c3ccc(-c4cncn4C)cc3)C2)n1. The van der Waals surface area contributed by atoms with E-state index in [4.69, 9.17) is 0 Å². The van der Waals surface area contributed by atoms with Crippen molar-refractivity contribution in [3.63, 3.8) is 0 Å². The fourth-order valence-corrected chi connectivity index (χ4v) is 3.74. The second kappa shape index (κ2) is 6.44. The number of imidazole rings is 1. The lowest BCUT2D eigenvalue weighted by Gasteiger charge is -2.17. The molecule has 1 atom stereocenters. The Bertz CT molecular complexity index is 938. The molecule has 0 saturated carbocycles. The zero-order valence-electron chi connectivity index (χ0n) is 15.4. The van der Waals surface area contributed by atoms with Gasteiger partial charge in [-0.1, -0.05) is 12.1 Å². The van der Waals surface area contributed by atoms with Gasteiger partial charge in [0, 0.05) is 31.4 Å². The van der Waals surface area contributed by atoms with Gasteiger partial charge in [0.05, 0.1) is 30.0 Å². The zero-order chi connectivity index (χ0) is 18.3. The number of carbonyl (C=O) groups excluding carboxylic acids is 1. The summed E-state index contributed by atoms with van der Waals surface area (Å²) >= 11 is 0. The van der Waals surface area contributed by atoms with Gasteiger partial charge in [0.15, 0.2) is 0 Å². The Morgan fingerprint density at radius 3 is 2.58 bits per heavy atom. The number of carbonyl (C=O) groups is 1. The molecule has 6 heteroatoms. The van der Waals surface area contributed by atoms with E-state index in [0.29, 0.717) is 6.54 Å². The minimum absolute atomic E-state index is 0.0885. The van der Waals surface area contributed by atoms with Gasteiger partial charge in [-0.15, -0.1) is 0 Å². The highest BCUT2D eigenvalue weighted by atomic mass is 16.2. The van der Waals surface area contributed by atoms with Gasteiger partial charge in [-0.25, -0.2) is 4.98 Å². The Labute approximate surface area is 153 Å². The van der Waals surface area contributed by atoms with Crippen LogP contribution in [-0.4, -0.2) is 43.2 Å². The lowest BCUT2D eigenvalue weighted by atomic mass is 10.1. The second-order valence-electron chi connectivity index (χ2n) is 7.03. The van der Waals surface area contributed by atoms with E-state index in [9.17, 15) is 4.79 Å². The molecule has 4 rings (SSSR count). The van der Waals surface area contributed by atoms with Gasteiger partial charge in [0.2, 0.25) is 0 Å². The Kier molecular flexibility index (Phi) is 4.11. The number of hydrogen-bond donors (Lipinski definition) is 0. The van der Waals surface area contributed by atoms with E-state index in [-0.39, 0.29) is 11.9 Å². The first-order valence-electron chi connectivity index (χ1n) is 8.91. The van der Waals surface area contributed by atoms with Crippen LogP contribution in [0.25, 0.3) is 11.3 Å². The molecule has 134 valence electrons. The number of amides is 1. The largest absolute Gasteiger partial charge is 0.336 e. The monoisotopic (exact) mass is 349 g/mol. The van der Waals surface area contributed by atoms with Gasteiger partial charge in [-0.05, 0) is 44.0 Å². The molecule has 0 radical (unpaired) electrons. The van der Waals surface area contributed by atoms with Gasteiger partial charge >= 0.3 is 0 Å². The number of hydrogen-bond acceptors (Lipinski definition) is 3. The molecule has 0 spiro atoms. The van der Waals surface area contributed by atoms with Crippen LogP contribution in [-0.2, 0) is 7.05 Å². The standard InChI is InChI=1S/C20H23N5O/c1-14-10-15(2)25(22-14)18-8-9-24(12-18)20(26)17-6-4-16(5-7-17)19-11-21-13-23(19)3/h4-7,10-11,13,18H,8-9,12H2,1-3H3. The van der Waals surface area contributed by atoms with Crippen molar-refractivity contribution in [3.05, 3.63) is 59.8 Å². The summed E-state index contributed by atoms with van der Waals surface area (Å²) in [6.07, 6.45) is 4.55. The van der Waals surface area contributed by atoms with Crippen LogP contribution in [0, 0.1) is 13.8 Å². The molecule has 1 unspecified atom stereocenters. The summed E-state index contributed by atoms with van der Waals surface area (Å²) < 4.78 is 4.03. The van der Waals surface area contributed by atoms with Crippen LogP contribution >= 0.6 is 0 Å². The third-order valence-corrected chi connectivity index (χ3v) is 5.09. The Balaban J connectivity index is 1.48. The molecule has 1 fully saturated rings. The van der Waals surface area contributed by atoms with Crippen LogP contribution in [0.2, 0.25) is 0 Å². The number of rotatable bonds is 3. The van der Waals surface area contributed by atoms with E-state index in [2.05, 4.69) is 27.8 Å². The van der Waals surface area contributed by atoms with E-state index >= 15 is 0 Å². The Hall–Kier alpha value is -2.89. The van der Waals surface area contributed by atoms with E-state index < -0.39 is 0 Å². The van der Waals surface area contributed by atoms with Crippen LogP contribution in [0.1, 0.15) is 34.2 Å². The maximum absolute atomic E-state index is 12.9. The van der Waals surface area contributed by atoms with Crippen LogP contribution < -0.4 is 0 Å². The van der Waals surface area contributed by atoms with Crippen molar-refractivity contribution in [3.8, 4) is 11.3 Å².